The van der Waals surface area contributed by atoms with Crippen LogP contribution in [0.1, 0.15) is 62.1 Å². The van der Waals surface area contributed by atoms with E-state index >= 15 is 0 Å². The number of carbonyl (C=O) groups excluding carboxylic acids is 2. The molecule has 4 nitrogen and oxygen atoms in total. The van der Waals surface area contributed by atoms with Crippen LogP contribution >= 0.6 is 0 Å². The van der Waals surface area contributed by atoms with Crippen molar-refractivity contribution in [1.82, 2.24) is 0 Å². The lowest BCUT2D eigenvalue weighted by molar-refractivity contribution is -0.177. The first-order valence-corrected chi connectivity index (χ1v) is 10.4. The van der Waals surface area contributed by atoms with Gasteiger partial charge in [-0.2, -0.15) is 0 Å². The second-order valence-electron chi connectivity index (χ2n) is 9.51. The van der Waals surface area contributed by atoms with E-state index in [-0.39, 0.29) is 17.3 Å². The minimum Gasteiger partial charge on any atom is -0.452 e. The Balaban J connectivity index is 1.42. The van der Waals surface area contributed by atoms with Crippen LogP contribution in [0.25, 0.3) is 0 Å². The highest BCUT2D eigenvalue weighted by Gasteiger charge is 2.55. The molecule has 1 amide bonds. The molecular weight excluding hydrogens is 338 g/mol. The van der Waals surface area contributed by atoms with Crippen molar-refractivity contribution in [2.24, 2.45) is 23.2 Å². The molecule has 4 aliphatic rings. The predicted octanol–water partition coefficient (Wildman–Crippen LogP) is 4.70. The fraction of sp³-hybridized carbons (Fsp3) is 0.652. The van der Waals surface area contributed by atoms with Gasteiger partial charge in [0.1, 0.15) is 0 Å². The number of aryl methyl sites for hydroxylation is 3. The minimum atomic E-state index is -0.773. The van der Waals surface area contributed by atoms with Crippen LogP contribution in [0.3, 0.4) is 0 Å². The quantitative estimate of drug-likeness (QED) is 0.783. The van der Waals surface area contributed by atoms with E-state index in [0.29, 0.717) is 17.8 Å². The smallest absolute Gasteiger partial charge is 0.312 e. The van der Waals surface area contributed by atoms with E-state index in [9.17, 15) is 9.59 Å². The van der Waals surface area contributed by atoms with Gasteiger partial charge in [0.15, 0.2) is 6.10 Å². The number of hydrogen-bond donors (Lipinski definition) is 1. The Hall–Kier alpha value is -1.84. The van der Waals surface area contributed by atoms with E-state index in [2.05, 4.69) is 17.4 Å². The zero-order valence-corrected chi connectivity index (χ0v) is 16.9. The average molecular weight is 370 g/mol. The highest BCUT2D eigenvalue weighted by atomic mass is 16.5. The maximum absolute atomic E-state index is 13.0. The lowest BCUT2D eigenvalue weighted by Crippen LogP contribution is -2.51. The molecular formula is C23H31NO3. The highest BCUT2D eigenvalue weighted by Crippen LogP contribution is 2.60. The molecule has 0 aliphatic heterocycles. The number of carbonyl (C=O) groups is 2. The molecule has 1 aromatic rings. The van der Waals surface area contributed by atoms with E-state index in [1.807, 2.05) is 20.8 Å². The van der Waals surface area contributed by atoms with Gasteiger partial charge in [0.05, 0.1) is 5.41 Å². The second-order valence-corrected chi connectivity index (χ2v) is 9.51. The van der Waals surface area contributed by atoms with Gasteiger partial charge in [-0.05, 0) is 95.1 Å². The number of hydrogen-bond acceptors (Lipinski definition) is 3. The number of ether oxygens (including phenoxy) is 1. The van der Waals surface area contributed by atoms with Crippen LogP contribution in [0, 0.1) is 43.9 Å². The van der Waals surface area contributed by atoms with Crippen molar-refractivity contribution in [2.45, 2.75) is 72.3 Å². The Morgan fingerprint density at radius 1 is 1.00 bits per heavy atom. The molecule has 4 aliphatic carbocycles. The standard InChI is InChI=1S/C23H31NO3/c1-13-5-14(2)20(15(3)6-13)24-21(25)16(4)27-22(26)23-10-17-7-18(11-23)9-19(8-17)12-23/h5-6,16-19H,7-12H2,1-4H3,(H,24,25)/t16-,17?,18?,19?,23?/m0/s1. The van der Waals surface area contributed by atoms with Crippen LogP contribution in [0.15, 0.2) is 12.1 Å². The molecule has 146 valence electrons. The molecule has 4 fully saturated rings. The molecule has 1 atom stereocenters. The lowest BCUT2D eigenvalue weighted by atomic mass is 9.49. The summed E-state index contributed by atoms with van der Waals surface area (Å²) in [6.45, 7) is 7.71. The zero-order valence-electron chi connectivity index (χ0n) is 16.9. The summed E-state index contributed by atoms with van der Waals surface area (Å²) in [5.74, 6) is 1.67. The Morgan fingerprint density at radius 3 is 1.96 bits per heavy atom. The maximum Gasteiger partial charge on any atom is 0.312 e. The molecule has 0 spiro atoms. The number of esters is 1. The third-order valence-electron chi connectivity index (χ3n) is 7.05. The van der Waals surface area contributed by atoms with Crippen LogP contribution in [-0.4, -0.2) is 18.0 Å². The summed E-state index contributed by atoms with van der Waals surface area (Å²) >= 11 is 0. The number of rotatable bonds is 4. The van der Waals surface area contributed by atoms with Gasteiger partial charge in [0.25, 0.3) is 5.91 Å². The van der Waals surface area contributed by atoms with Crippen LogP contribution in [0.5, 0.6) is 0 Å². The van der Waals surface area contributed by atoms with Crippen molar-refractivity contribution in [3.05, 3.63) is 28.8 Å². The van der Waals surface area contributed by atoms with Crippen molar-refractivity contribution in [3.63, 3.8) is 0 Å². The molecule has 4 heteroatoms. The van der Waals surface area contributed by atoms with Gasteiger partial charge in [-0.1, -0.05) is 17.7 Å². The largest absolute Gasteiger partial charge is 0.452 e. The molecule has 0 radical (unpaired) electrons. The van der Waals surface area contributed by atoms with Crippen LogP contribution in [0.2, 0.25) is 0 Å². The zero-order chi connectivity index (χ0) is 19.3. The summed E-state index contributed by atoms with van der Waals surface area (Å²) in [5, 5.41) is 2.97. The monoisotopic (exact) mass is 369 g/mol. The Labute approximate surface area is 162 Å². The molecule has 0 saturated heterocycles. The van der Waals surface area contributed by atoms with E-state index in [1.165, 1.54) is 24.8 Å². The van der Waals surface area contributed by atoms with E-state index in [1.54, 1.807) is 6.92 Å². The molecule has 0 aromatic heterocycles. The molecule has 1 N–H and O–H groups in total. The van der Waals surface area contributed by atoms with Gasteiger partial charge in [-0.3, -0.25) is 9.59 Å². The van der Waals surface area contributed by atoms with Crippen LogP contribution < -0.4 is 5.32 Å². The van der Waals surface area contributed by atoms with Crippen LogP contribution in [0.4, 0.5) is 5.69 Å². The molecule has 5 rings (SSSR count). The van der Waals surface area contributed by atoms with Gasteiger partial charge in [-0.25, -0.2) is 0 Å². The van der Waals surface area contributed by atoms with Gasteiger partial charge in [0, 0.05) is 5.69 Å². The second kappa shape index (κ2) is 6.65. The van der Waals surface area contributed by atoms with Crippen molar-refractivity contribution < 1.29 is 14.3 Å². The first-order valence-electron chi connectivity index (χ1n) is 10.4. The van der Waals surface area contributed by atoms with Crippen molar-refractivity contribution in [1.29, 1.82) is 0 Å². The van der Waals surface area contributed by atoms with E-state index in [4.69, 9.17) is 4.74 Å². The fourth-order valence-corrected chi connectivity index (χ4v) is 6.30. The summed E-state index contributed by atoms with van der Waals surface area (Å²) in [7, 11) is 0. The van der Waals surface area contributed by atoms with Gasteiger partial charge in [0.2, 0.25) is 0 Å². The van der Waals surface area contributed by atoms with E-state index in [0.717, 1.165) is 36.1 Å². The van der Waals surface area contributed by atoms with Gasteiger partial charge in [-0.15, -0.1) is 0 Å². The molecule has 0 heterocycles. The molecule has 1 aromatic carbocycles. The third-order valence-corrected chi connectivity index (χ3v) is 7.05. The summed E-state index contributed by atoms with van der Waals surface area (Å²) in [4.78, 5) is 25.7. The molecule has 4 bridgehead atoms. The Morgan fingerprint density at radius 2 is 1.48 bits per heavy atom. The summed E-state index contributed by atoms with van der Waals surface area (Å²) < 4.78 is 5.72. The first-order chi connectivity index (χ1) is 12.8. The van der Waals surface area contributed by atoms with E-state index < -0.39 is 6.10 Å². The number of benzene rings is 1. The fourth-order valence-electron chi connectivity index (χ4n) is 6.30. The number of amides is 1. The number of nitrogens with one attached hydrogen (secondary N) is 1. The van der Waals surface area contributed by atoms with Crippen LogP contribution in [-0.2, 0) is 14.3 Å². The molecule has 27 heavy (non-hydrogen) atoms. The maximum atomic E-state index is 13.0. The normalized spacial score (nSPS) is 32.2. The SMILES string of the molecule is Cc1cc(C)c(NC(=O)[C@H](C)OC(=O)C23CC4CC(CC(C4)C2)C3)c(C)c1. The third kappa shape index (κ3) is 3.39. The Bertz CT molecular complexity index is 724. The van der Waals surface area contributed by atoms with Crippen molar-refractivity contribution in [3.8, 4) is 0 Å². The van der Waals surface area contributed by atoms with Crippen molar-refractivity contribution >= 4 is 17.6 Å². The lowest BCUT2D eigenvalue weighted by Gasteiger charge is -2.55. The number of anilines is 1. The summed E-state index contributed by atoms with van der Waals surface area (Å²) in [6.07, 6.45) is 5.97. The topological polar surface area (TPSA) is 55.4 Å². The van der Waals surface area contributed by atoms with Gasteiger partial charge < -0.3 is 10.1 Å². The summed E-state index contributed by atoms with van der Waals surface area (Å²) in [6, 6.07) is 4.10. The molecule has 0 unspecified atom stereocenters. The average Bonchev–Trinajstić information content (AvgIpc) is 2.56. The summed E-state index contributed by atoms with van der Waals surface area (Å²) in [5.41, 5.74) is 3.73. The predicted molar refractivity (Wildman–Crippen MR) is 105 cm³/mol. The van der Waals surface area contributed by atoms with Gasteiger partial charge >= 0.3 is 5.97 Å². The Kier molecular flexibility index (Phi) is 4.56. The first kappa shape index (κ1) is 18.5. The van der Waals surface area contributed by atoms with Crippen molar-refractivity contribution in [2.75, 3.05) is 5.32 Å². The molecule has 4 saturated carbocycles. The minimum absolute atomic E-state index is 0.137. The highest BCUT2D eigenvalue weighted by molar-refractivity contribution is 5.96.